The van der Waals surface area contributed by atoms with Gasteiger partial charge in [-0.3, -0.25) is 0 Å². The lowest BCUT2D eigenvalue weighted by Gasteiger charge is -2.20. The molecule has 0 bridgehead atoms. The third-order valence-electron chi connectivity index (χ3n) is 3.37. The Balaban J connectivity index is 2.28. The summed E-state index contributed by atoms with van der Waals surface area (Å²) in [5.41, 5.74) is 1.48. The Bertz CT molecular complexity index is 930. The van der Waals surface area contributed by atoms with Gasteiger partial charge in [-0.25, -0.2) is 13.2 Å². The van der Waals surface area contributed by atoms with Crippen LogP contribution in [0.4, 0.5) is 0 Å². The summed E-state index contributed by atoms with van der Waals surface area (Å²) in [6, 6.07) is 12.2. The highest BCUT2D eigenvalue weighted by Crippen LogP contribution is 2.33. The van der Waals surface area contributed by atoms with Crippen molar-refractivity contribution in [1.82, 2.24) is 0 Å². The van der Waals surface area contributed by atoms with Crippen molar-refractivity contribution in [2.24, 2.45) is 0 Å². The Kier molecular flexibility index (Phi) is 6.54. The van der Waals surface area contributed by atoms with E-state index >= 15 is 0 Å². The first-order valence-corrected chi connectivity index (χ1v) is 10.8. The molecule has 7 heteroatoms. The zero-order valence-electron chi connectivity index (χ0n) is 15.8. The monoisotopic (exact) mass is 410 g/mol. The number of carbonyl (C=O) groups excluding carboxylic acids is 1. The van der Waals surface area contributed by atoms with Crippen molar-refractivity contribution in [3.63, 3.8) is 0 Å². The molecule has 0 amide bonds. The Morgan fingerprint density at radius 3 is 2.44 bits per heavy atom. The van der Waals surface area contributed by atoms with Crippen LogP contribution in [0.2, 0.25) is 5.02 Å². The number of hydrogen-bond acceptors (Lipinski definition) is 5. The zero-order chi connectivity index (χ0) is 20.2. The maximum atomic E-state index is 11.9. The number of benzene rings is 2. The van der Waals surface area contributed by atoms with Gasteiger partial charge in [-0.2, -0.15) is 0 Å². The number of esters is 1. The lowest BCUT2D eigenvalue weighted by Crippen LogP contribution is -2.27. The molecule has 0 aromatic heterocycles. The second-order valence-electron chi connectivity index (χ2n) is 7.29. The average molecular weight is 411 g/mol. The quantitative estimate of drug-likeness (QED) is 0.665. The standard InChI is InChI=1S/C20H23ClO5S/c1-20(2,3)26-19(22)12-25-18-9-8-16(21)11-17(18)15-7-5-6-14(10-15)13-27(4,23)24/h5-11H,12-13H2,1-4H3. The molecular weight excluding hydrogens is 388 g/mol. The largest absolute Gasteiger partial charge is 0.481 e. The summed E-state index contributed by atoms with van der Waals surface area (Å²) in [6.45, 7) is 5.11. The number of halogens is 1. The molecule has 27 heavy (non-hydrogen) atoms. The predicted octanol–water partition coefficient (Wildman–Crippen LogP) is 4.27. The molecule has 2 rings (SSSR count). The zero-order valence-corrected chi connectivity index (χ0v) is 17.4. The van der Waals surface area contributed by atoms with Crippen molar-refractivity contribution >= 4 is 27.4 Å². The van der Waals surface area contributed by atoms with Crippen LogP contribution in [0.15, 0.2) is 42.5 Å². The number of ether oxygens (including phenoxy) is 2. The molecule has 5 nitrogen and oxygen atoms in total. The summed E-state index contributed by atoms with van der Waals surface area (Å²) < 4.78 is 34.0. The van der Waals surface area contributed by atoms with Crippen molar-refractivity contribution in [3.8, 4) is 16.9 Å². The molecule has 2 aromatic rings. The Morgan fingerprint density at radius 2 is 1.81 bits per heavy atom. The molecule has 146 valence electrons. The van der Waals surface area contributed by atoms with Gasteiger partial charge in [-0.15, -0.1) is 0 Å². The average Bonchev–Trinajstić information content (AvgIpc) is 2.50. The van der Waals surface area contributed by atoms with Crippen LogP contribution in [0.3, 0.4) is 0 Å². The SMILES string of the molecule is CC(C)(C)OC(=O)COc1ccc(Cl)cc1-c1cccc(CS(C)(=O)=O)c1. The Morgan fingerprint density at radius 1 is 1.11 bits per heavy atom. The molecule has 0 aliphatic rings. The molecule has 0 radical (unpaired) electrons. The fourth-order valence-corrected chi connectivity index (χ4v) is 3.45. The van der Waals surface area contributed by atoms with Crippen LogP contribution in [0, 0.1) is 0 Å². The normalized spacial score (nSPS) is 11.9. The van der Waals surface area contributed by atoms with Crippen molar-refractivity contribution in [2.45, 2.75) is 32.1 Å². The van der Waals surface area contributed by atoms with Crippen LogP contribution in [0.25, 0.3) is 11.1 Å². The molecule has 0 saturated carbocycles. The highest BCUT2D eigenvalue weighted by molar-refractivity contribution is 7.89. The van der Waals surface area contributed by atoms with Gasteiger partial charge < -0.3 is 9.47 Å². The molecule has 0 saturated heterocycles. The van der Waals surface area contributed by atoms with Crippen LogP contribution >= 0.6 is 11.6 Å². The summed E-state index contributed by atoms with van der Waals surface area (Å²) >= 11 is 6.12. The van der Waals surface area contributed by atoms with Gasteiger partial charge in [0.1, 0.15) is 11.4 Å². The molecule has 0 atom stereocenters. The van der Waals surface area contributed by atoms with Crippen molar-refractivity contribution < 1.29 is 22.7 Å². The Labute approximate surface area is 165 Å². The number of sulfone groups is 1. The van der Waals surface area contributed by atoms with Crippen LogP contribution in [0.1, 0.15) is 26.3 Å². The van der Waals surface area contributed by atoms with Gasteiger partial charge in [-0.1, -0.05) is 29.8 Å². The van der Waals surface area contributed by atoms with E-state index in [1.807, 2.05) is 6.07 Å². The molecule has 0 N–H and O–H groups in total. The van der Waals surface area contributed by atoms with E-state index in [1.165, 1.54) is 6.26 Å². The van der Waals surface area contributed by atoms with Gasteiger partial charge in [0, 0.05) is 16.8 Å². The molecule has 0 unspecified atom stereocenters. The van der Waals surface area contributed by atoms with E-state index in [4.69, 9.17) is 21.1 Å². The molecule has 0 heterocycles. The first-order valence-electron chi connectivity index (χ1n) is 8.34. The number of rotatable bonds is 6. The van der Waals surface area contributed by atoms with Gasteiger partial charge >= 0.3 is 5.97 Å². The van der Waals surface area contributed by atoms with Crippen LogP contribution < -0.4 is 4.74 Å². The summed E-state index contributed by atoms with van der Waals surface area (Å²) in [4.78, 5) is 11.9. The van der Waals surface area contributed by atoms with Gasteiger partial charge in [0.15, 0.2) is 16.4 Å². The summed E-state index contributed by atoms with van der Waals surface area (Å²) in [6.07, 6.45) is 1.19. The van der Waals surface area contributed by atoms with Gasteiger partial charge in [0.05, 0.1) is 5.75 Å². The molecule has 2 aromatic carbocycles. The maximum absolute atomic E-state index is 11.9. The van der Waals surface area contributed by atoms with E-state index in [0.29, 0.717) is 21.9 Å². The molecular formula is C20H23ClO5S. The van der Waals surface area contributed by atoms with E-state index in [-0.39, 0.29) is 12.4 Å². The van der Waals surface area contributed by atoms with E-state index < -0.39 is 21.4 Å². The second kappa shape index (κ2) is 8.31. The number of carbonyl (C=O) groups is 1. The second-order valence-corrected chi connectivity index (χ2v) is 9.86. The van der Waals surface area contributed by atoms with Crippen LogP contribution in [-0.4, -0.2) is 32.9 Å². The summed E-state index contributed by atoms with van der Waals surface area (Å²) in [7, 11) is -3.15. The Hall–Kier alpha value is -2.05. The molecule has 0 aliphatic heterocycles. The summed E-state index contributed by atoms with van der Waals surface area (Å²) in [5, 5.41) is 0.503. The number of hydrogen-bond donors (Lipinski definition) is 0. The highest BCUT2D eigenvalue weighted by Gasteiger charge is 2.18. The first-order chi connectivity index (χ1) is 12.4. The van der Waals surface area contributed by atoms with Gasteiger partial charge in [0.2, 0.25) is 0 Å². The molecule has 0 spiro atoms. The lowest BCUT2D eigenvalue weighted by atomic mass is 10.0. The van der Waals surface area contributed by atoms with Crippen LogP contribution in [0.5, 0.6) is 5.75 Å². The lowest BCUT2D eigenvalue weighted by molar-refractivity contribution is -0.157. The minimum atomic E-state index is -3.15. The maximum Gasteiger partial charge on any atom is 0.344 e. The van der Waals surface area contributed by atoms with E-state index in [0.717, 1.165) is 5.56 Å². The van der Waals surface area contributed by atoms with Gasteiger partial charge in [0.25, 0.3) is 0 Å². The molecule has 0 fully saturated rings. The van der Waals surface area contributed by atoms with E-state index in [1.54, 1.807) is 57.2 Å². The highest BCUT2D eigenvalue weighted by atomic mass is 35.5. The minimum absolute atomic E-state index is 0.0600. The van der Waals surface area contributed by atoms with Crippen molar-refractivity contribution in [1.29, 1.82) is 0 Å². The van der Waals surface area contributed by atoms with Gasteiger partial charge in [-0.05, 0) is 56.2 Å². The third kappa shape index (κ3) is 7.23. The van der Waals surface area contributed by atoms with Crippen LogP contribution in [-0.2, 0) is 25.1 Å². The minimum Gasteiger partial charge on any atom is -0.481 e. The molecule has 0 aliphatic carbocycles. The fourth-order valence-electron chi connectivity index (χ4n) is 2.49. The van der Waals surface area contributed by atoms with Crippen molar-refractivity contribution in [2.75, 3.05) is 12.9 Å². The first kappa shape index (κ1) is 21.3. The third-order valence-corrected chi connectivity index (χ3v) is 4.47. The van der Waals surface area contributed by atoms with Crippen molar-refractivity contribution in [3.05, 3.63) is 53.1 Å². The van der Waals surface area contributed by atoms with E-state index in [2.05, 4.69) is 0 Å². The predicted molar refractivity (Wildman–Crippen MR) is 107 cm³/mol. The fraction of sp³-hybridized carbons (Fsp3) is 0.350. The smallest absolute Gasteiger partial charge is 0.344 e. The van der Waals surface area contributed by atoms with E-state index in [9.17, 15) is 13.2 Å². The topological polar surface area (TPSA) is 69.7 Å². The summed E-state index contributed by atoms with van der Waals surface area (Å²) in [5.74, 6) is -0.0776.